The Balaban J connectivity index is 1.86. The van der Waals surface area contributed by atoms with E-state index in [0.29, 0.717) is 5.02 Å². The van der Waals surface area contributed by atoms with Crippen LogP contribution in [0.4, 0.5) is 5.69 Å². The van der Waals surface area contributed by atoms with E-state index in [-0.39, 0.29) is 12.2 Å². The number of rotatable bonds is 5. The number of carbonyl (C=O) groups is 1. The molecule has 0 saturated heterocycles. The molecular formula is C12H10ClN5O3. The van der Waals surface area contributed by atoms with Gasteiger partial charge < -0.3 is 0 Å². The third kappa shape index (κ3) is 4.39. The van der Waals surface area contributed by atoms with E-state index in [4.69, 9.17) is 11.6 Å². The van der Waals surface area contributed by atoms with E-state index in [9.17, 15) is 14.9 Å². The minimum atomic E-state index is -0.583. The van der Waals surface area contributed by atoms with Crippen LogP contribution in [0, 0.1) is 10.1 Å². The van der Waals surface area contributed by atoms with Crippen molar-refractivity contribution in [3.63, 3.8) is 0 Å². The summed E-state index contributed by atoms with van der Waals surface area (Å²) in [5.41, 5.74) is 2.90. The highest BCUT2D eigenvalue weighted by Gasteiger charge is 2.10. The second kappa shape index (κ2) is 6.62. The number of nitrogens with zero attached hydrogens (tertiary/aromatic N) is 4. The van der Waals surface area contributed by atoms with Gasteiger partial charge in [0, 0.05) is 5.02 Å². The molecule has 0 aliphatic rings. The van der Waals surface area contributed by atoms with Crippen molar-refractivity contribution >= 4 is 29.4 Å². The highest BCUT2D eigenvalue weighted by molar-refractivity contribution is 6.30. The Bertz CT molecular complexity index is 680. The molecule has 108 valence electrons. The maximum atomic E-state index is 11.6. The number of halogens is 1. The Morgan fingerprint density at radius 3 is 2.81 bits per heavy atom. The fraction of sp³-hybridized carbons (Fsp3) is 0.0833. The molecule has 2 rings (SSSR count). The molecule has 0 radical (unpaired) electrons. The molecule has 9 heteroatoms. The molecule has 0 aliphatic heterocycles. The molecule has 0 unspecified atom stereocenters. The van der Waals surface area contributed by atoms with Crippen LogP contribution < -0.4 is 5.43 Å². The number of nitrogens with one attached hydrogen (secondary N) is 1. The molecule has 1 heterocycles. The van der Waals surface area contributed by atoms with E-state index < -0.39 is 10.8 Å². The maximum Gasteiger partial charge on any atom is 0.307 e. The van der Waals surface area contributed by atoms with Gasteiger partial charge in [0.25, 0.3) is 5.91 Å². The van der Waals surface area contributed by atoms with Crippen molar-refractivity contribution in [2.24, 2.45) is 5.10 Å². The number of hydrazone groups is 1. The van der Waals surface area contributed by atoms with Crippen LogP contribution in [0.5, 0.6) is 0 Å². The standard InChI is InChI=1S/C12H10ClN5O3/c13-10-3-1-9(2-4-10)5-14-16-12(19)8-17-7-11(6-15-17)18(20)21/h1-7H,8H2,(H,16,19)/b14-5+. The monoisotopic (exact) mass is 307 g/mol. The van der Waals surface area contributed by atoms with Gasteiger partial charge in [0.1, 0.15) is 18.9 Å². The molecule has 8 nitrogen and oxygen atoms in total. The lowest BCUT2D eigenvalue weighted by atomic mass is 10.2. The second-order valence-electron chi connectivity index (χ2n) is 4.00. The zero-order valence-corrected chi connectivity index (χ0v) is 11.4. The summed E-state index contributed by atoms with van der Waals surface area (Å²) in [5.74, 6) is -0.446. The van der Waals surface area contributed by atoms with Gasteiger partial charge in [-0.3, -0.25) is 19.6 Å². The summed E-state index contributed by atoms with van der Waals surface area (Å²) in [7, 11) is 0. The average Bonchev–Trinajstić information content (AvgIpc) is 2.90. The molecule has 0 spiro atoms. The van der Waals surface area contributed by atoms with Crippen LogP contribution in [-0.4, -0.2) is 26.8 Å². The number of aromatic nitrogens is 2. The van der Waals surface area contributed by atoms with E-state index in [1.807, 2.05) is 0 Å². The third-order valence-electron chi connectivity index (χ3n) is 2.41. The Morgan fingerprint density at radius 2 is 2.19 bits per heavy atom. The molecule has 0 saturated carbocycles. The van der Waals surface area contributed by atoms with Crippen LogP contribution in [0.3, 0.4) is 0 Å². The number of amides is 1. The Hall–Kier alpha value is -2.74. The summed E-state index contributed by atoms with van der Waals surface area (Å²) in [4.78, 5) is 21.4. The van der Waals surface area contributed by atoms with Gasteiger partial charge in [-0.15, -0.1) is 0 Å². The van der Waals surface area contributed by atoms with Crippen molar-refractivity contribution < 1.29 is 9.72 Å². The zero-order chi connectivity index (χ0) is 15.2. The van der Waals surface area contributed by atoms with Gasteiger partial charge >= 0.3 is 5.69 Å². The lowest BCUT2D eigenvalue weighted by Crippen LogP contribution is -2.23. The van der Waals surface area contributed by atoms with Crippen LogP contribution in [0.1, 0.15) is 5.56 Å². The average molecular weight is 308 g/mol. The Morgan fingerprint density at radius 1 is 1.48 bits per heavy atom. The largest absolute Gasteiger partial charge is 0.307 e. The lowest BCUT2D eigenvalue weighted by Gasteiger charge is -1.99. The van der Waals surface area contributed by atoms with Crippen molar-refractivity contribution in [2.45, 2.75) is 6.54 Å². The molecule has 2 aromatic rings. The first kappa shape index (κ1) is 14.7. The highest BCUT2D eigenvalue weighted by atomic mass is 35.5. The predicted octanol–water partition coefficient (Wildman–Crippen LogP) is 1.59. The molecule has 1 N–H and O–H groups in total. The fourth-order valence-corrected chi connectivity index (χ4v) is 1.57. The van der Waals surface area contributed by atoms with Crippen LogP contribution in [0.15, 0.2) is 41.8 Å². The molecular weight excluding hydrogens is 298 g/mol. The normalized spacial score (nSPS) is 10.7. The van der Waals surface area contributed by atoms with Crippen molar-refractivity contribution in [2.75, 3.05) is 0 Å². The van der Waals surface area contributed by atoms with Crippen molar-refractivity contribution in [3.05, 3.63) is 57.4 Å². The molecule has 1 aromatic carbocycles. The molecule has 1 aromatic heterocycles. The minimum absolute atomic E-state index is 0.161. The van der Waals surface area contributed by atoms with E-state index >= 15 is 0 Å². The van der Waals surface area contributed by atoms with Gasteiger partial charge in [0.2, 0.25) is 0 Å². The topological polar surface area (TPSA) is 102 Å². The summed E-state index contributed by atoms with van der Waals surface area (Å²) in [6.07, 6.45) is 3.70. The van der Waals surface area contributed by atoms with Gasteiger partial charge in [0.05, 0.1) is 11.1 Å². The zero-order valence-electron chi connectivity index (χ0n) is 10.6. The van der Waals surface area contributed by atoms with Crippen LogP contribution in [0.2, 0.25) is 5.02 Å². The highest BCUT2D eigenvalue weighted by Crippen LogP contribution is 2.08. The summed E-state index contributed by atoms with van der Waals surface area (Å²) in [5, 5.41) is 18.5. The predicted molar refractivity (Wildman–Crippen MR) is 76.1 cm³/mol. The van der Waals surface area contributed by atoms with Gasteiger partial charge in [-0.05, 0) is 17.7 Å². The van der Waals surface area contributed by atoms with Crippen LogP contribution in [-0.2, 0) is 11.3 Å². The Kier molecular flexibility index (Phi) is 4.62. The molecule has 21 heavy (non-hydrogen) atoms. The number of hydrogen-bond acceptors (Lipinski definition) is 5. The number of carbonyl (C=O) groups excluding carboxylic acids is 1. The quantitative estimate of drug-likeness (QED) is 0.514. The molecule has 1 amide bonds. The van der Waals surface area contributed by atoms with E-state index in [1.54, 1.807) is 24.3 Å². The van der Waals surface area contributed by atoms with Crippen LogP contribution in [0.25, 0.3) is 0 Å². The van der Waals surface area contributed by atoms with Crippen molar-refractivity contribution in [1.29, 1.82) is 0 Å². The lowest BCUT2D eigenvalue weighted by molar-refractivity contribution is -0.385. The number of benzene rings is 1. The fourth-order valence-electron chi connectivity index (χ4n) is 1.44. The maximum absolute atomic E-state index is 11.6. The van der Waals surface area contributed by atoms with E-state index in [1.165, 1.54) is 12.4 Å². The smallest absolute Gasteiger partial charge is 0.271 e. The SMILES string of the molecule is O=C(Cn1cc([N+](=O)[O-])cn1)N/N=C/c1ccc(Cl)cc1. The van der Waals surface area contributed by atoms with E-state index in [2.05, 4.69) is 15.6 Å². The van der Waals surface area contributed by atoms with Crippen LogP contribution >= 0.6 is 11.6 Å². The summed E-state index contributed by atoms with van der Waals surface area (Å²) >= 11 is 5.74. The molecule has 0 aliphatic carbocycles. The first-order valence-electron chi connectivity index (χ1n) is 5.79. The van der Waals surface area contributed by atoms with Crippen molar-refractivity contribution in [3.8, 4) is 0 Å². The van der Waals surface area contributed by atoms with E-state index in [0.717, 1.165) is 16.4 Å². The summed E-state index contributed by atoms with van der Waals surface area (Å²) in [6.45, 7) is -0.161. The third-order valence-corrected chi connectivity index (χ3v) is 2.66. The van der Waals surface area contributed by atoms with Crippen molar-refractivity contribution in [1.82, 2.24) is 15.2 Å². The second-order valence-corrected chi connectivity index (χ2v) is 4.43. The minimum Gasteiger partial charge on any atom is -0.271 e. The molecule has 0 bridgehead atoms. The van der Waals surface area contributed by atoms with Gasteiger partial charge in [-0.1, -0.05) is 23.7 Å². The van der Waals surface area contributed by atoms with Gasteiger partial charge in [0.15, 0.2) is 0 Å². The first-order valence-corrected chi connectivity index (χ1v) is 6.17. The summed E-state index contributed by atoms with van der Waals surface area (Å²) in [6, 6.07) is 6.89. The number of hydrogen-bond donors (Lipinski definition) is 1. The number of nitro groups is 1. The molecule has 0 fully saturated rings. The van der Waals surface area contributed by atoms with Gasteiger partial charge in [-0.2, -0.15) is 10.2 Å². The Labute approximate surface area is 124 Å². The first-order chi connectivity index (χ1) is 10.0. The molecule has 0 atom stereocenters. The van der Waals surface area contributed by atoms with Gasteiger partial charge in [-0.25, -0.2) is 5.43 Å². The summed E-state index contributed by atoms with van der Waals surface area (Å²) < 4.78 is 1.16.